The van der Waals surface area contributed by atoms with Gasteiger partial charge in [0, 0.05) is 25.2 Å². The van der Waals surface area contributed by atoms with E-state index in [4.69, 9.17) is 0 Å². The number of likely N-dealkylation sites (N-methyl/N-ethyl adjacent to an activating group) is 1. The summed E-state index contributed by atoms with van der Waals surface area (Å²) in [4.78, 5) is 17.6. The van der Waals surface area contributed by atoms with Crippen LogP contribution in [0.1, 0.15) is 23.5 Å². The molecule has 0 saturated carbocycles. The molecule has 0 radical (unpaired) electrons. The average molecular weight is 252 g/mol. The highest BCUT2D eigenvalue weighted by Gasteiger charge is 2.27. The van der Waals surface area contributed by atoms with E-state index in [0.717, 1.165) is 18.0 Å². The fourth-order valence-electron chi connectivity index (χ4n) is 2.36. The molecule has 2 unspecified atom stereocenters. The maximum atomic E-state index is 12.0. The van der Waals surface area contributed by atoms with E-state index in [1.165, 1.54) is 11.3 Å². The summed E-state index contributed by atoms with van der Waals surface area (Å²) in [6.07, 6.45) is 0. The lowest BCUT2D eigenvalue weighted by atomic mass is 10.1. The lowest BCUT2D eigenvalue weighted by Crippen LogP contribution is -2.55. The molecule has 2 rings (SSSR count). The molecule has 0 bridgehead atoms. The Morgan fingerprint density at radius 1 is 1.41 bits per heavy atom. The van der Waals surface area contributed by atoms with Crippen LogP contribution in [0.4, 0.5) is 0 Å². The predicted molar refractivity (Wildman–Crippen MR) is 71.8 cm³/mol. The molecule has 94 valence electrons. The molecule has 0 aliphatic carbocycles. The minimum absolute atomic E-state index is 0.254. The molecule has 1 saturated heterocycles. The van der Waals surface area contributed by atoms with Crippen molar-refractivity contribution in [3.8, 4) is 0 Å². The number of hydrogen-bond donors (Lipinski definition) is 0. The van der Waals surface area contributed by atoms with Crippen molar-refractivity contribution in [2.24, 2.45) is 0 Å². The van der Waals surface area contributed by atoms with E-state index in [2.05, 4.69) is 30.7 Å². The molecule has 0 aromatic carbocycles. The minimum Gasteiger partial charge on any atom is -0.298 e. The van der Waals surface area contributed by atoms with Gasteiger partial charge in [0.05, 0.1) is 11.4 Å². The van der Waals surface area contributed by atoms with Crippen molar-refractivity contribution >= 4 is 17.1 Å². The number of thiophene rings is 1. The molecule has 2 atom stereocenters. The molecule has 0 amide bonds. The maximum absolute atomic E-state index is 12.0. The summed E-state index contributed by atoms with van der Waals surface area (Å²) in [6.45, 7) is 6.97. The third-order valence-corrected chi connectivity index (χ3v) is 4.51. The van der Waals surface area contributed by atoms with Crippen LogP contribution in [0.2, 0.25) is 0 Å². The van der Waals surface area contributed by atoms with Gasteiger partial charge < -0.3 is 0 Å². The van der Waals surface area contributed by atoms with Crippen molar-refractivity contribution in [3.63, 3.8) is 0 Å². The van der Waals surface area contributed by atoms with Crippen LogP contribution >= 0.6 is 11.3 Å². The SMILES string of the molecule is CC1CN(CC(=O)c2cccs2)CC(C)N1C. The van der Waals surface area contributed by atoms with Crippen LogP contribution < -0.4 is 0 Å². The third kappa shape index (κ3) is 2.94. The van der Waals surface area contributed by atoms with Crippen LogP contribution in [-0.4, -0.2) is 54.3 Å². The smallest absolute Gasteiger partial charge is 0.186 e. The lowest BCUT2D eigenvalue weighted by molar-refractivity contribution is 0.0551. The van der Waals surface area contributed by atoms with E-state index in [1.54, 1.807) is 0 Å². The Morgan fingerprint density at radius 3 is 2.59 bits per heavy atom. The second-order valence-electron chi connectivity index (χ2n) is 4.96. The first kappa shape index (κ1) is 12.7. The summed E-state index contributed by atoms with van der Waals surface area (Å²) in [7, 11) is 2.16. The number of rotatable bonds is 3. The standard InChI is InChI=1S/C13H20N2OS/c1-10-7-15(8-11(2)14(10)3)9-12(16)13-5-4-6-17-13/h4-6,10-11H,7-9H2,1-3H3. The Balaban J connectivity index is 1.94. The van der Waals surface area contributed by atoms with Gasteiger partial charge in [-0.05, 0) is 32.3 Å². The Labute approximate surface area is 107 Å². The van der Waals surface area contributed by atoms with E-state index in [-0.39, 0.29) is 5.78 Å². The first-order valence-corrected chi connectivity index (χ1v) is 6.97. The van der Waals surface area contributed by atoms with Gasteiger partial charge in [0.2, 0.25) is 0 Å². The molecule has 4 heteroatoms. The molecule has 1 aliphatic heterocycles. The monoisotopic (exact) mass is 252 g/mol. The molecule has 1 fully saturated rings. The minimum atomic E-state index is 0.254. The Kier molecular flexibility index (Phi) is 3.97. The van der Waals surface area contributed by atoms with Crippen molar-refractivity contribution in [2.45, 2.75) is 25.9 Å². The molecule has 17 heavy (non-hydrogen) atoms. The number of piperazine rings is 1. The first-order chi connectivity index (χ1) is 8.08. The summed E-state index contributed by atoms with van der Waals surface area (Å²) in [5, 5.41) is 1.96. The number of ketones is 1. The molecule has 0 N–H and O–H groups in total. The van der Waals surface area contributed by atoms with Crippen LogP contribution in [0.25, 0.3) is 0 Å². The second-order valence-corrected chi connectivity index (χ2v) is 5.91. The first-order valence-electron chi connectivity index (χ1n) is 6.09. The molecule has 0 spiro atoms. The Morgan fingerprint density at radius 2 is 2.06 bits per heavy atom. The number of nitrogens with zero attached hydrogens (tertiary/aromatic N) is 2. The van der Waals surface area contributed by atoms with Crippen molar-refractivity contribution < 1.29 is 4.79 Å². The zero-order valence-corrected chi connectivity index (χ0v) is 11.5. The summed E-state index contributed by atoms with van der Waals surface area (Å²) in [6, 6.07) is 4.90. The quantitative estimate of drug-likeness (QED) is 0.768. The highest BCUT2D eigenvalue weighted by molar-refractivity contribution is 7.12. The zero-order valence-electron chi connectivity index (χ0n) is 10.7. The van der Waals surface area contributed by atoms with Crippen molar-refractivity contribution in [1.29, 1.82) is 0 Å². The van der Waals surface area contributed by atoms with Crippen LogP contribution in [0, 0.1) is 0 Å². The van der Waals surface area contributed by atoms with E-state index in [1.807, 2.05) is 17.5 Å². The van der Waals surface area contributed by atoms with Crippen molar-refractivity contribution in [3.05, 3.63) is 22.4 Å². The van der Waals surface area contributed by atoms with E-state index in [9.17, 15) is 4.79 Å². The summed E-state index contributed by atoms with van der Waals surface area (Å²) >= 11 is 1.54. The summed E-state index contributed by atoms with van der Waals surface area (Å²) in [5.41, 5.74) is 0. The van der Waals surface area contributed by atoms with Gasteiger partial charge in [0.1, 0.15) is 0 Å². The van der Waals surface area contributed by atoms with E-state index >= 15 is 0 Å². The predicted octanol–water partition coefficient (Wildman–Crippen LogP) is 1.96. The molecular formula is C13H20N2OS. The van der Waals surface area contributed by atoms with Crippen molar-refractivity contribution in [2.75, 3.05) is 26.7 Å². The van der Waals surface area contributed by atoms with Gasteiger partial charge in [-0.1, -0.05) is 6.07 Å². The van der Waals surface area contributed by atoms with Gasteiger partial charge in [-0.25, -0.2) is 0 Å². The van der Waals surface area contributed by atoms with Crippen LogP contribution in [0.3, 0.4) is 0 Å². The Hall–Kier alpha value is -0.710. The second kappa shape index (κ2) is 5.29. The van der Waals surface area contributed by atoms with Crippen molar-refractivity contribution in [1.82, 2.24) is 9.80 Å². The number of carbonyl (C=O) groups excluding carboxylic acids is 1. The maximum Gasteiger partial charge on any atom is 0.186 e. The number of Topliss-reactive ketones (excluding diaryl/α,β-unsaturated/α-hetero) is 1. The summed E-state index contributed by atoms with van der Waals surface area (Å²) in [5.74, 6) is 0.254. The molecule has 1 aromatic rings. The average Bonchev–Trinajstić information content (AvgIpc) is 2.79. The highest BCUT2D eigenvalue weighted by Crippen LogP contribution is 2.15. The zero-order chi connectivity index (χ0) is 12.4. The normalized spacial score (nSPS) is 27.2. The third-order valence-electron chi connectivity index (χ3n) is 3.60. The highest BCUT2D eigenvalue weighted by atomic mass is 32.1. The van der Waals surface area contributed by atoms with Crippen LogP contribution in [0.15, 0.2) is 17.5 Å². The van der Waals surface area contributed by atoms with Gasteiger partial charge in [0.25, 0.3) is 0 Å². The molecule has 1 aromatic heterocycles. The van der Waals surface area contributed by atoms with Gasteiger partial charge in [-0.15, -0.1) is 11.3 Å². The molecule has 2 heterocycles. The fraction of sp³-hybridized carbons (Fsp3) is 0.615. The van der Waals surface area contributed by atoms with Crippen LogP contribution in [0.5, 0.6) is 0 Å². The van der Waals surface area contributed by atoms with Gasteiger partial charge in [0.15, 0.2) is 5.78 Å². The molecular weight excluding hydrogens is 232 g/mol. The lowest BCUT2D eigenvalue weighted by Gasteiger charge is -2.42. The summed E-state index contributed by atoms with van der Waals surface area (Å²) < 4.78 is 0. The Bertz CT molecular complexity index is 365. The number of carbonyl (C=O) groups is 1. The van der Waals surface area contributed by atoms with E-state index in [0.29, 0.717) is 18.6 Å². The van der Waals surface area contributed by atoms with Gasteiger partial charge in [-0.3, -0.25) is 14.6 Å². The molecule has 3 nitrogen and oxygen atoms in total. The number of hydrogen-bond acceptors (Lipinski definition) is 4. The van der Waals surface area contributed by atoms with Gasteiger partial charge in [-0.2, -0.15) is 0 Å². The van der Waals surface area contributed by atoms with E-state index < -0.39 is 0 Å². The van der Waals surface area contributed by atoms with Gasteiger partial charge >= 0.3 is 0 Å². The van der Waals surface area contributed by atoms with Crippen LogP contribution in [-0.2, 0) is 0 Å². The molecule has 1 aliphatic rings. The topological polar surface area (TPSA) is 23.6 Å². The fourth-order valence-corrected chi connectivity index (χ4v) is 3.02. The largest absolute Gasteiger partial charge is 0.298 e.